The number of carbonyl (C=O) groups excluding carboxylic acids is 1. The zero-order valence-electron chi connectivity index (χ0n) is 11.2. The molecule has 2 saturated heterocycles. The van der Waals surface area contributed by atoms with Crippen molar-refractivity contribution in [2.24, 2.45) is 5.92 Å². The largest absolute Gasteiger partial charge is 0.336 e. The zero-order chi connectivity index (χ0) is 12.5. The summed E-state index contributed by atoms with van der Waals surface area (Å²) in [4.78, 5) is 15.0. The summed E-state index contributed by atoms with van der Waals surface area (Å²) < 4.78 is 0. The minimum absolute atomic E-state index is 0.281. The molecular formula is C15H23NOS. The van der Waals surface area contributed by atoms with Gasteiger partial charge in [0.2, 0.25) is 5.91 Å². The van der Waals surface area contributed by atoms with Crippen LogP contribution in [0.5, 0.6) is 0 Å². The number of allylic oxidation sites excluding steroid dienone is 2. The lowest BCUT2D eigenvalue weighted by Crippen LogP contribution is -2.49. The molecule has 2 fully saturated rings. The minimum atomic E-state index is 0.281. The molecule has 2 aliphatic heterocycles. The highest BCUT2D eigenvalue weighted by atomic mass is 32.2. The van der Waals surface area contributed by atoms with E-state index in [1.807, 2.05) is 11.8 Å². The van der Waals surface area contributed by atoms with Crippen LogP contribution >= 0.6 is 11.8 Å². The van der Waals surface area contributed by atoms with Crippen molar-refractivity contribution in [3.05, 3.63) is 12.2 Å². The van der Waals surface area contributed by atoms with Crippen LogP contribution in [0, 0.1) is 5.92 Å². The second-order valence-corrected chi connectivity index (χ2v) is 7.08. The van der Waals surface area contributed by atoms with E-state index < -0.39 is 0 Å². The van der Waals surface area contributed by atoms with Gasteiger partial charge in [-0.25, -0.2) is 0 Å². The van der Waals surface area contributed by atoms with Crippen LogP contribution in [-0.2, 0) is 4.79 Å². The van der Waals surface area contributed by atoms with E-state index in [1.54, 1.807) is 0 Å². The number of hydrogen-bond acceptors (Lipinski definition) is 2. The van der Waals surface area contributed by atoms with Crippen LogP contribution in [0.2, 0.25) is 0 Å². The third-order valence-corrected chi connectivity index (χ3v) is 5.95. The smallest absolute Gasteiger partial charge is 0.226 e. The van der Waals surface area contributed by atoms with Crippen LogP contribution in [-0.4, -0.2) is 34.4 Å². The minimum Gasteiger partial charge on any atom is -0.336 e. The fourth-order valence-corrected chi connectivity index (χ4v) is 4.74. The molecule has 0 spiro atoms. The van der Waals surface area contributed by atoms with Gasteiger partial charge in [-0.15, -0.1) is 0 Å². The lowest BCUT2D eigenvalue weighted by Gasteiger charge is -2.40. The van der Waals surface area contributed by atoms with E-state index in [0.29, 0.717) is 18.0 Å². The maximum Gasteiger partial charge on any atom is 0.226 e. The van der Waals surface area contributed by atoms with E-state index in [1.165, 1.54) is 25.7 Å². The first-order chi connectivity index (χ1) is 8.79. The quantitative estimate of drug-likeness (QED) is 0.715. The summed E-state index contributed by atoms with van der Waals surface area (Å²) in [5.74, 6) is 0.746. The first-order valence-electron chi connectivity index (χ1n) is 7.29. The summed E-state index contributed by atoms with van der Waals surface area (Å²) in [6.45, 7) is 0. The predicted molar refractivity (Wildman–Crippen MR) is 76.7 cm³/mol. The van der Waals surface area contributed by atoms with Gasteiger partial charge in [-0.3, -0.25) is 4.79 Å². The van der Waals surface area contributed by atoms with E-state index >= 15 is 0 Å². The monoisotopic (exact) mass is 265 g/mol. The summed E-state index contributed by atoms with van der Waals surface area (Å²) in [6.07, 6.45) is 14.7. The van der Waals surface area contributed by atoms with Gasteiger partial charge in [0.15, 0.2) is 0 Å². The molecule has 3 rings (SSSR count). The summed E-state index contributed by atoms with van der Waals surface area (Å²) in [5, 5.41) is 0.790. The van der Waals surface area contributed by atoms with Gasteiger partial charge in [-0.05, 0) is 51.2 Å². The first-order valence-corrected chi connectivity index (χ1v) is 8.58. The molecule has 2 bridgehead atoms. The van der Waals surface area contributed by atoms with Crippen molar-refractivity contribution >= 4 is 17.7 Å². The molecule has 0 aromatic rings. The normalized spacial score (nSPS) is 39.1. The van der Waals surface area contributed by atoms with Crippen molar-refractivity contribution in [3.63, 3.8) is 0 Å². The molecule has 2 heterocycles. The number of carbonyl (C=O) groups is 1. The number of thioether (sulfide) groups is 1. The SMILES string of the molecule is CSC1C[C@H]2CC[C@@H](C1)N2C(=O)[C@H]1CC=CCC1. The molecule has 18 heavy (non-hydrogen) atoms. The van der Waals surface area contributed by atoms with Gasteiger partial charge < -0.3 is 4.90 Å². The molecule has 3 heteroatoms. The van der Waals surface area contributed by atoms with E-state index in [4.69, 9.17) is 0 Å². The Morgan fingerprint density at radius 1 is 1.17 bits per heavy atom. The highest BCUT2D eigenvalue weighted by Gasteiger charge is 2.44. The van der Waals surface area contributed by atoms with E-state index in [-0.39, 0.29) is 5.92 Å². The van der Waals surface area contributed by atoms with Gasteiger partial charge >= 0.3 is 0 Å². The van der Waals surface area contributed by atoms with Crippen LogP contribution in [0.25, 0.3) is 0 Å². The van der Waals surface area contributed by atoms with Crippen molar-refractivity contribution in [1.82, 2.24) is 4.90 Å². The average molecular weight is 265 g/mol. The third-order valence-electron chi connectivity index (χ3n) is 4.90. The highest BCUT2D eigenvalue weighted by molar-refractivity contribution is 7.99. The Morgan fingerprint density at radius 2 is 1.89 bits per heavy atom. The molecule has 4 atom stereocenters. The van der Waals surface area contributed by atoms with Gasteiger partial charge in [0.05, 0.1) is 0 Å². The summed E-state index contributed by atoms with van der Waals surface area (Å²) in [7, 11) is 0. The van der Waals surface area contributed by atoms with Gasteiger partial charge in [0.25, 0.3) is 0 Å². The third kappa shape index (κ3) is 2.22. The molecule has 2 nitrogen and oxygen atoms in total. The van der Waals surface area contributed by atoms with Crippen LogP contribution in [0.3, 0.4) is 0 Å². The maximum absolute atomic E-state index is 12.7. The fraction of sp³-hybridized carbons (Fsp3) is 0.800. The Morgan fingerprint density at radius 3 is 2.44 bits per heavy atom. The number of nitrogens with zero attached hydrogens (tertiary/aromatic N) is 1. The molecule has 1 aliphatic carbocycles. The molecular weight excluding hydrogens is 242 g/mol. The topological polar surface area (TPSA) is 20.3 Å². The molecule has 3 aliphatic rings. The predicted octanol–water partition coefficient (Wildman–Crippen LogP) is 3.23. The van der Waals surface area contributed by atoms with Crippen molar-refractivity contribution in [3.8, 4) is 0 Å². The number of piperidine rings is 1. The van der Waals surface area contributed by atoms with Crippen LogP contribution in [0.4, 0.5) is 0 Å². The van der Waals surface area contributed by atoms with Crippen molar-refractivity contribution in [2.75, 3.05) is 6.26 Å². The van der Waals surface area contributed by atoms with Crippen molar-refractivity contribution in [1.29, 1.82) is 0 Å². The molecule has 0 radical (unpaired) electrons. The van der Waals surface area contributed by atoms with Crippen molar-refractivity contribution < 1.29 is 4.79 Å². The van der Waals surface area contributed by atoms with Crippen LogP contribution in [0.15, 0.2) is 12.2 Å². The Labute approximate surface area is 114 Å². The molecule has 100 valence electrons. The highest BCUT2D eigenvalue weighted by Crippen LogP contribution is 2.41. The Hall–Kier alpha value is -0.440. The molecule has 0 aromatic heterocycles. The standard InChI is InChI=1S/C15H23NOS/c1-18-14-9-12-7-8-13(10-14)16(12)15(17)11-5-3-2-4-6-11/h2-3,11-14H,4-10H2,1H3/t11-,12-,13+,14?/m0/s1. The molecule has 0 saturated carbocycles. The van der Waals surface area contributed by atoms with E-state index in [2.05, 4.69) is 23.3 Å². The number of amides is 1. The molecule has 0 aromatic carbocycles. The lowest BCUT2D eigenvalue weighted by atomic mass is 9.91. The average Bonchev–Trinajstić information content (AvgIpc) is 2.69. The van der Waals surface area contributed by atoms with Gasteiger partial charge in [-0.1, -0.05) is 12.2 Å². The lowest BCUT2D eigenvalue weighted by molar-refractivity contribution is -0.140. The number of hydrogen-bond donors (Lipinski definition) is 0. The van der Waals surface area contributed by atoms with Crippen LogP contribution in [0.1, 0.15) is 44.9 Å². The molecule has 0 N–H and O–H groups in total. The van der Waals surface area contributed by atoms with E-state index in [0.717, 1.165) is 24.5 Å². The van der Waals surface area contributed by atoms with Gasteiger partial charge in [0.1, 0.15) is 0 Å². The molecule has 1 unspecified atom stereocenters. The van der Waals surface area contributed by atoms with Gasteiger partial charge in [-0.2, -0.15) is 11.8 Å². The second kappa shape index (κ2) is 5.28. The Kier molecular flexibility index (Phi) is 3.69. The van der Waals surface area contributed by atoms with Crippen LogP contribution < -0.4 is 0 Å². The number of rotatable bonds is 2. The van der Waals surface area contributed by atoms with Crippen molar-refractivity contribution in [2.45, 2.75) is 62.3 Å². The molecule has 1 amide bonds. The Bertz CT molecular complexity index is 340. The first kappa shape index (κ1) is 12.6. The van der Waals surface area contributed by atoms with Gasteiger partial charge in [0, 0.05) is 23.3 Å². The second-order valence-electron chi connectivity index (χ2n) is 5.94. The fourth-order valence-electron chi connectivity index (χ4n) is 3.91. The summed E-state index contributed by atoms with van der Waals surface area (Å²) >= 11 is 1.99. The van der Waals surface area contributed by atoms with E-state index in [9.17, 15) is 4.79 Å². The summed E-state index contributed by atoms with van der Waals surface area (Å²) in [6, 6.07) is 1.11. The maximum atomic E-state index is 12.7. The summed E-state index contributed by atoms with van der Waals surface area (Å²) in [5.41, 5.74) is 0. The number of fused-ring (bicyclic) bond motifs is 2. The zero-order valence-corrected chi connectivity index (χ0v) is 12.0. The Balaban J connectivity index is 1.69.